The summed E-state index contributed by atoms with van der Waals surface area (Å²) < 4.78 is 34.8. The number of carbonyl (C=O) groups excluding carboxylic acids is 1. The monoisotopic (exact) mass is 689 g/mol. The number of hydrogen-bond acceptors (Lipinski definition) is 10. The number of hydrogen-bond donors (Lipinski definition) is 0. The number of ether oxygens (including phenoxy) is 2. The summed E-state index contributed by atoms with van der Waals surface area (Å²) in [6, 6.07) is 13.1. The Kier molecular flexibility index (Phi) is 11.8. The van der Waals surface area contributed by atoms with Crippen LogP contribution in [0.1, 0.15) is 31.7 Å². The molecule has 4 heterocycles. The van der Waals surface area contributed by atoms with Crippen LogP contribution < -0.4 is 9.64 Å². The molecule has 1 aromatic carbocycles. The second-order valence-electron chi connectivity index (χ2n) is 12.0. The van der Waals surface area contributed by atoms with E-state index >= 15 is 0 Å². The molecule has 0 bridgehead atoms. The van der Waals surface area contributed by atoms with E-state index in [0.717, 1.165) is 69.1 Å². The molecule has 0 spiro atoms. The fourth-order valence-corrected chi connectivity index (χ4v) is 7.69. The average molecular weight is 691 g/mol. The van der Waals surface area contributed by atoms with E-state index in [0.29, 0.717) is 53.5 Å². The van der Waals surface area contributed by atoms with Crippen LogP contribution in [0.25, 0.3) is 11.3 Å². The van der Waals surface area contributed by atoms with Crippen LogP contribution in [0.15, 0.2) is 48.7 Å². The zero-order valence-corrected chi connectivity index (χ0v) is 28.7. The van der Waals surface area contributed by atoms with Crippen LogP contribution in [-0.2, 0) is 25.9 Å². The molecule has 2 aliphatic rings. The van der Waals surface area contributed by atoms with Crippen LogP contribution in [-0.4, -0.2) is 98.6 Å². The summed E-state index contributed by atoms with van der Waals surface area (Å²) in [6.07, 6.45) is 5.11. The Balaban J connectivity index is 1.25. The largest absolute Gasteiger partial charge is 0.466 e. The van der Waals surface area contributed by atoms with E-state index in [1.165, 1.54) is 6.26 Å². The molecule has 5 rings (SSSR count). The topological polar surface area (TPSA) is 105 Å². The third kappa shape index (κ3) is 10.3. The first-order valence-electron chi connectivity index (χ1n) is 15.7. The number of benzene rings is 1. The van der Waals surface area contributed by atoms with Gasteiger partial charge in [0.15, 0.2) is 0 Å². The third-order valence-electron chi connectivity index (χ3n) is 8.25. The maximum Gasteiger partial charge on any atom is 0.307 e. The van der Waals surface area contributed by atoms with Crippen LogP contribution >= 0.6 is 23.2 Å². The van der Waals surface area contributed by atoms with Crippen molar-refractivity contribution in [3.8, 4) is 22.9 Å². The summed E-state index contributed by atoms with van der Waals surface area (Å²) in [6.45, 7) is 8.58. The first kappa shape index (κ1) is 34.4. The Labute approximate surface area is 281 Å². The van der Waals surface area contributed by atoms with E-state index < -0.39 is 9.84 Å². The van der Waals surface area contributed by atoms with Gasteiger partial charge in [0.25, 0.3) is 0 Å². The molecule has 0 atom stereocenters. The summed E-state index contributed by atoms with van der Waals surface area (Å²) >= 11 is 12.6. The average Bonchev–Trinajstić information content (AvgIpc) is 3.01. The normalized spacial score (nSPS) is 16.8. The van der Waals surface area contributed by atoms with Crippen molar-refractivity contribution in [1.82, 2.24) is 19.8 Å². The number of rotatable bonds is 12. The highest BCUT2D eigenvalue weighted by atomic mass is 35.5. The van der Waals surface area contributed by atoms with E-state index in [2.05, 4.69) is 19.7 Å². The van der Waals surface area contributed by atoms with E-state index in [1.807, 2.05) is 43.3 Å². The number of esters is 1. The van der Waals surface area contributed by atoms with Gasteiger partial charge in [0.2, 0.25) is 5.88 Å². The molecule has 0 amide bonds. The molecule has 2 aliphatic heterocycles. The minimum Gasteiger partial charge on any atom is -0.466 e. The van der Waals surface area contributed by atoms with Gasteiger partial charge >= 0.3 is 5.97 Å². The summed E-state index contributed by atoms with van der Waals surface area (Å²) in [5, 5.41) is 1.04. The van der Waals surface area contributed by atoms with Gasteiger partial charge in [-0.05, 0) is 80.7 Å². The van der Waals surface area contributed by atoms with Crippen LogP contribution in [0, 0.1) is 5.92 Å². The fraction of sp³-hybridized carbons (Fsp3) is 0.485. The second-order valence-corrected chi connectivity index (χ2v) is 15.1. The maximum atomic E-state index is 11.8. The number of likely N-dealkylation sites (tertiary alicyclic amines) is 1. The molecule has 2 aromatic heterocycles. The third-order valence-corrected chi connectivity index (χ3v) is 9.76. The Morgan fingerprint density at radius 2 is 1.67 bits per heavy atom. The minimum atomic E-state index is -2.99. The highest BCUT2D eigenvalue weighted by Gasteiger charge is 2.23. The van der Waals surface area contributed by atoms with Gasteiger partial charge in [0.1, 0.15) is 21.4 Å². The number of piperidine rings is 1. The van der Waals surface area contributed by atoms with Crippen molar-refractivity contribution < 1.29 is 22.7 Å². The van der Waals surface area contributed by atoms with Gasteiger partial charge in [-0.25, -0.2) is 18.4 Å². The number of pyridine rings is 2. The molecule has 10 nitrogen and oxygen atoms in total. The predicted molar refractivity (Wildman–Crippen MR) is 182 cm³/mol. The molecule has 2 saturated heterocycles. The molecule has 0 radical (unpaired) electrons. The molecule has 2 fully saturated rings. The predicted octanol–water partition coefficient (Wildman–Crippen LogP) is 5.57. The van der Waals surface area contributed by atoms with Gasteiger partial charge < -0.3 is 14.4 Å². The van der Waals surface area contributed by atoms with Crippen LogP contribution in [0.2, 0.25) is 10.0 Å². The quantitative estimate of drug-likeness (QED) is 0.224. The van der Waals surface area contributed by atoms with Gasteiger partial charge in [-0.3, -0.25) is 14.6 Å². The van der Waals surface area contributed by atoms with Gasteiger partial charge in [0, 0.05) is 67.2 Å². The van der Waals surface area contributed by atoms with Crippen molar-refractivity contribution in [1.29, 1.82) is 0 Å². The number of halogens is 2. The van der Waals surface area contributed by atoms with Gasteiger partial charge in [-0.1, -0.05) is 23.2 Å². The molecular weight excluding hydrogens is 649 g/mol. The lowest BCUT2D eigenvalue weighted by atomic mass is 9.98. The molecule has 46 heavy (non-hydrogen) atoms. The Bertz CT molecular complexity index is 1570. The molecule has 3 aromatic rings. The molecular formula is C33H41Cl2N5O5S. The number of piperazine rings is 1. The highest BCUT2D eigenvalue weighted by molar-refractivity contribution is 7.90. The molecule has 0 aliphatic carbocycles. The van der Waals surface area contributed by atoms with Crippen LogP contribution in [0.5, 0.6) is 11.6 Å². The summed E-state index contributed by atoms with van der Waals surface area (Å²) in [5.41, 5.74) is 2.49. The van der Waals surface area contributed by atoms with Crippen molar-refractivity contribution in [3.63, 3.8) is 0 Å². The van der Waals surface area contributed by atoms with E-state index in [4.69, 9.17) is 37.7 Å². The van der Waals surface area contributed by atoms with Crippen LogP contribution in [0.3, 0.4) is 0 Å². The fourth-order valence-electron chi connectivity index (χ4n) is 5.97. The zero-order chi connectivity index (χ0) is 32.7. The number of sulfone groups is 1. The molecule has 248 valence electrons. The number of nitrogens with zero attached hydrogens (tertiary/aromatic N) is 5. The van der Waals surface area contributed by atoms with Crippen molar-refractivity contribution in [2.45, 2.75) is 32.7 Å². The van der Waals surface area contributed by atoms with Crippen molar-refractivity contribution in [2.75, 3.05) is 69.3 Å². The Hall–Kier alpha value is -2.96. The second kappa shape index (κ2) is 15.8. The summed E-state index contributed by atoms with van der Waals surface area (Å²) in [4.78, 5) is 28.0. The van der Waals surface area contributed by atoms with Gasteiger partial charge in [-0.15, -0.1) is 0 Å². The number of anilines is 1. The first-order chi connectivity index (χ1) is 22.0. The first-order valence-corrected chi connectivity index (χ1v) is 18.5. The zero-order valence-electron chi connectivity index (χ0n) is 26.3. The molecule has 13 heteroatoms. The Morgan fingerprint density at radius 1 is 0.957 bits per heavy atom. The maximum absolute atomic E-state index is 11.8. The smallest absolute Gasteiger partial charge is 0.307 e. The van der Waals surface area contributed by atoms with Crippen molar-refractivity contribution >= 4 is 44.8 Å². The van der Waals surface area contributed by atoms with Crippen molar-refractivity contribution in [2.24, 2.45) is 5.92 Å². The molecule has 0 saturated carbocycles. The number of carbonyl (C=O) groups is 1. The lowest BCUT2D eigenvalue weighted by Gasteiger charge is -2.35. The summed E-state index contributed by atoms with van der Waals surface area (Å²) in [7, 11) is -2.99. The van der Waals surface area contributed by atoms with E-state index in [1.54, 1.807) is 12.3 Å². The molecule has 0 N–H and O–H groups in total. The lowest BCUT2D eigenvalue weighted by Crippen LogP contribution is -2.47. The standard InChI is InChI=1S/C33H41Cl2N5O5S/c1-3-44-33(41)8-11-38-12-14-40(15-13-38)31-5-4-29(21-36-31)45-32-17-25(16-30(37-32)26-18-27(34)20-28(35)19-26)22-39-9-6-24(7-10-39)23-46(2,42)43/h4-5,16-21,24H,3,6-15,22-23H2,1-2H3. The van der Waals surface area contributed by atoms with Gasteiger partial charge in [0.05, 0.1) is 30.7 Å². The molecule has 0 unspecified atom stereocenters. The van der Waals surface area contributed by atoms with Crippen LogP contribution in [0.4, 0.5) is 5.82 Å². The van der Waals surface area contributed by atoms with E-state index in [9.17, 15) is 13.2 Å². The Morgan fingerprint density at radius 3 is 2.30 bits per heavy atom. The summed E-state index contributed by atoms with van der Waals surface area (Å²) in [5.74, 6) is 2.15. The SMILES string of the molecule is CCOC(=O)CCN1CCN(c2ccc(Oc3cc(CN4CCC(CS(C)(=O)=O)CC4)cc(-c4cc(Cl)cc(Cl)c4)n3)cn2)CC1. The minimum absolute atomic E-state index is 0.155. The lowest BCUT2D eigenvalue weighted by molar-refractivity contribution is -0.143. The number of aromatic nitrogens is 2. The van der Waals surface area contributed by atoms with Crippen molar-refractivity contribution in [3.05, 3.63) is 64.3 Å². The highest BCUT2D eigenvalue weighted by Crippen LogP contribution is 2.31. The van der Waals surface area contributed by atoms with E-state index in [-0.39, 0.29) is 17.6 Å². The van der Waals surface area contributed by atoms with Gasteiger partial charge in [-0.2, -0.15) is 0 Å².